The average Bonchev–Trinajstić information content (AvgIpc) is 3.20. The van der Waals surface area contributed by atoms with E-state index in [-0.39, 0.29) is 10.8 Å². The Hall–Kier alpha value is -3.66. The standard InChI is InChI=1S/C22H18F3N3O3S/c1-14(29)28(18-7-3-5-15(11-18)22(23,24)25)21-27-17(13-32-21)9-10-20(30)26-16-6-4-8-19(12-16)31-2/h3-13H,1-2H3,(H,26,30)/b10-9+. The number of rotatable bonds is 6. The molecule has 0 aliphatic carbocycles. The summed E-state index contributed by atoms with van der Waals surface area (Å²) in [6.07, 6.45) is -1.83. The number of amides is 2. The maximum atomic E-state index is 13.0. The molecule has 2 aromatic carbocycles. The third-order valence-corrected chi connectivity index (χ3v) is 5.03. The zero-order valence-electron chi connectivity index (χ0n) is 17.0. The largest absolute Gasteiger partial charge is 0.497 e. The van der Waals surface area contributed by atoms with Gasteiger partial charge in [0.05, 0.1) is 24.1 Å². The van der Waals surface area contributed by atoms with Gasteiger partial charge in [0.25, 0.3) is 0 Å². The summed E-state index contributed by atoms with van der Waals surface area (Å²) >= 11 is 1.07. The molecule has 1 N–H and O–H groups in total. The van der Waals surface area contributed by atoms with Crippen LogP contribution < -0.4 is 15.0 Å². The summed E-state index contributed by atoms with van der Waals surface area (Å²) in [5, 5.41) is 4.46. The van der Waals surface area contributed by atoms with Gasteiger partial charge in [-0.3, -0.25) is 14.5 Å². The van der Waals surface area contributed by atoms with Crippen LogP contribution in [0.3, 0.4) is 0 Å². The van der Waals surface area contributed by atoms with E-state index in [9.17, 15) is 22.8 Å². The van der Waals surface area contributed by atoms with Crippen LogP contribution in [-0.2, 0) is 15.8 Å². The number of halogens is 3. The Labute approximate surface area is 186 Å². The molecule has 10 heteroatoms. The first-order valence-corrected chi connectivity index (χ1v) is 10.1. The molecule has 1 heterocycles. The normalized spacial score (nSPS) is 11.4. The van der Waals surface area contributed by atoms with E-state index < -0.39 is 23.6 Å². The molecule has 0 fully saturated rings. The van der Waals surface area contributed by atoms with Crippen molar-refractivity contribution in [3.63, 3.8) is 0 Å². The topological polar surface area (TPSA) is 71.5 Å². The number of methoxy groups -OCH3 is 1. The van der Waals surface area contributed by atoms with Gasteiger partial charge in [-0.05, 0) is 36.4 Å². The molecule has 166 valence electrons. The lowest BCUT2D eigenvalue weighted by Gasteiger charge is -2.19. The molecule has 0 atom stereocenters. The molecule has 0 radical (unpaired) electrons. The number of nitrogens with one attached hydrogen (secondary N) is 1. The molecule has 6 nitrogen and oxygen atoms in total. The molecule has 0 spiro atoms. The van der Waals surface area contributed by atoms with Crippen molar-refractivity contribution >= 4 is 45.7 Å². The van der Waals surface area contributed by atoms with Gasteiger partial charge < -0.3 is 10.1 Å². The fourth-order valence-corrected chi connectivity index (χ4v) is 3.60. The molecule has 0 aliphatic rings. The molecule has 1 aromatic heterocycles. The first kappa shape index (κ1) is 23.0. The number of aromatic nitrogens is 1. The lowest BCUT2D eigenvalue weighted by molar-refractivity contribution is -0.137. The molecule has 3 aromatic rings. The monoisotopic (exact) mass is 461 g/mol. The maximum Gasteiger partial charge on any atom is 0.416 e. The first-order valence-electron chi connectivity index (χ1n) is 9.24. The second kappa shape index (κ2) is 9.65. The summed E-state index contributed by atoms with van der Waals surface area (Å²) in [6.45, 7) is 1.23. The predicted octanol–water partition coefficient (Wildman–Crippen LogP) is 5.51. The SMILES string of the molecule is COc1cccc(NC(=O)/C=C/c2csc(N(C(C)=O)c3cccc(C(F)(F)F)c3)n2)c1. The third kappa shape index (κ3) is 5.73. The van der Waals surface area contributed by atoms with E-state index >= 15 is 0 Å². The first-order chi connectivity index (χ1) is 15.2. The predicted molar refractivity (Wildman–Crippen MR) is 117 cm³/mol. The number of nitrogens with zero attached hydrogens (tertiary/aromatic N) is 2. The minimum Gasteiger partial charge on any atom is -0.497 e. The van der Waals surface area contributed by atoms with E-state index in [1.807, 2.05) is 0 Å². The van der Waals surface area contributed by atoms with Gasteiger partial charge in [0.1, 0.15) is 5.75 Å². The zero-order valence-corrected chi connectivity index (χ0v) is 17.8. The summed E-state index contributed by atoms with van der Waals surface area (Å²) < 4.78 is 44.2. The second-order valence-electron chi connectivity index (χ2n) is 6.51. The van der Waals surface area contributed by atoms with E-state index in [1.54, 1.807) is 29.6 Å². The van der Waals surface area contributed by atoms with Crippen molar-refractivity contribution in [3.05, 3.63) is 71.2 Å². The Morgan fingerprint density at radius 2 is 1.91 bits per heavy atom. The summed E-state index contributed by atoms with van der Waals surface area (Å²) in [7, 11) is 1.52. The second-order valence-corrected chi connectivity index (χ2v) is 7.35. The Bertz CT molecular complexity index is 1160. The molecule has 0 aliphatic heterocycles. The van der Waals surface area contributed by atoms with Gasteiger partial charge >= 0.3 is 6.18 Å². The van der Waals surface area contributed by atoms with Gasteiger partial charge in [-0.2, -0.15) is 13.2 Å². The smallest absolute Gasteiger partial charge is 0.416 e. The molecule has 32 heavy (non-hydrogen) atoms. The van der Waals surface area contributed by atoms with Gasteiger partial charge in [0.2, 0.25) is 11.8 Å². The molecule has 0 unspecified atom stereocenters. The Morgan fingerprint density at radius 1 is 1.16 bits per heavy atom. The average molecular weight is 461 g/mol. The van der Waals surface area contributed by atoms with Gasteiger partial charge in [-0.1, -0.05) is 12.1 Å². The van der Waals surface area contributed by atoms with E-state index in [2.05, 4.69) is 10.3 Å². The number of hydrogen-bond acceptors (Lipinski definition) is 5. The third-order valence-electron chi connectivity index (χ3n) is 4.19. The van der Waals surface area contributed by atoms with Gasteiger partial charge in [-0.15, -0.1) is 11.3 Å². The molecular formula is C22H18F3N3O3S. The molecule has 0 saturated carbocycles. The number of benzene rings is 2. The molecular weight excluding hydrogens is 443 g/mol. The van der Waals surface area contributed by atoms with E-state index in [1.165, 1.54) is 38.3 Å². The Morgan fingerprint density at radius 3 is 2.59 bits per heavy atom. The Kier molecular flexibility index (Phi) is 6.94. The van der Waals surface area contributed by atoms with Gasteiger partial charge in [0, 0.05) is 30.1 Å². The van der Waals surface area contributed by atoms with Crippen LogP contribution in [0.1, 0.15) is 18.2 Å². The number of thiazole rings is 1. The van der Waals surface area contributed by atoms with Crippen LogP contribution in [0.15, 0.2) is 60.0 Å². The van der Waals surface area contributed by atoms with E-state index in [4.69, 9.17) is 4.74 Å². The number of carbonyl (C=O) groups is 2. The lowest BCUT2D eigenvalue weighted by atomic mass is 10.2. The highest BCUT2D eigenvalue weighted by atomic mass is 32.1. The van der Waals surface area contributed by atoms with Crippen molar-refractivity contribution in [2.45, 2.75) is 13.1 Å². The van der Waals surface area contributed by atoms with Crippen molar-refractivity contribution in [2.24, 2.45) is 0 Å². The number of anilines is 3. The number of alkyl halides is 3. The highest BCUT2D eigenvalue weighted by Crippen LogP contribution is 2.35. The van der Waals surface area contributed by atoms with Crippen LogP contribution >= 0.6 is 11.3 Å². The van der Waals surface area contributed by atoms with Crippen LogP contribution in [-0.4, -0.2) is 23.9 Å². The van der Waals surface area contributed by atoms with Crippen molar-refractivity contribution in [2.75, 3.05) is 17.3 Å². The molecule has 0 saturated heterocycles. The quantitative estimate of drug-likeness (QED) is 0.492. The summed E-state index contributed by atoms with van der Waals surface area (Å²) in [5.74, 6) is -0.311. The maximum absolute atomic E-state index is 13.0. The van der Waals surface area contributed by atoms with E-state index in [0.29, 0.717) is 17.1 Å². The van der Waals surface area contributed by atoms with Crippen molar-refractivity contribution in [1.29, 1.82) is 0 Å². The minimum atomic E-state index is -4.54. The number of hydrogen-bond donors (Lipinski definition) is 1. The van der Waals surface area contributed by atoms with Crippen molar-refractivity contribution in [1.82, 2.24) is 4.98 Å². The molecule has 0 bridgehead atoms. The minimum absolute atomic E-state index is 0.0490. The fourth-order valence-electron chi connectivity index (χ4n) is 2.75. The number of carbonyl (C=O) groups excluding carboxylic acids is 2. The van der Waals surface area contributed by atoms with Crippen LogP contribution in [0.25, 0.3) is 6.08 Å². The number of ether oxygens (including phenoxy) is 1. The molecule has 3 rings (SSSR count). The van der Waals surface area contributed by atoms with Crippen molar-refractivity contribution in [3.8, 4) is 5.75 Å². The summed E-state index contributed by atoms with van der Waals surface area (Å²) in [6, 6.07) is 11.3. The zero-order chi connectivity index (χ0) is 23.3. The van der Waals surface area contributed by atoms with E-state index in [0.717, 1.165) is 28.4 Å². The van der Waals surface area contributed by atoms with Gasteiger partial charge in [0.15, 0.2) is 5.13 Å². The lowest BCUT2D eigenvalue weighted by Crippen LogP contribution is -2.23. The van der Waals surface area contributed by atoms with Crippen molar-refractivity contribution < 1.29 is 27.5 Å². The van der Waals surface area contributed by atoms with Crippen LogP contribution in [0.2, 0.25) is 0 Å². The van der Waals surface area contributed by atoms with Gasteiger partial charge in [-0.25, -0.2) is 4.98 Å². The molecule has 2 amide bonds. The van der Waals surface area contributed by atoms with Crippen LogP contribution in [0.4, 0.5) is 29.7 Å². The fraction of sp³-hybridized carbons (Fsp3) is 0.136. The van der Waals surface area contributed by atoms with Crippen LogP contribution in [0, 0.1) is 0 Å². The van der Waals surface area contributed by atoms with Crippen LogP contribution in [0.5, 0.6) is 5.75 Å². The highest BCUT2D eigenvalue weighted by molar-refractivity contribution is 7.14. The summed E-state index contributed by atoms with van der Waals surface area (Å²) in [5.41, 5.74) is 0.106. The Balaban J connectivity index is 1.77. The highest BCUT2D eigenvalue weighted by Gasteiger charge is 2.31. The summed E-state index contributed by atoms with van der Waals surface area (Å²) in [4.78, 5) is 29.7.